The number of aromatic nitrogens is 2. The number of nitrogens with one attached hydrogen (secondary N) is 1. The largest absolute Gasteiger partial charge is 0.449 e. The van der Waals surface area contributed by atoms with E-state index in [0.717, 1.165) is 30.0 Å². The summed E-state index contributed by atoms with van der Waals surface area (Å²) in [6.07, 6.45) is 8.37. The molecule has 10 heteroatoms. The minimum atomic E-state index is -0.866. The molecule has 0 unspecified atom stereocenters. The van der Waals surface area contributed by atoms with Crippen molar-refractivity contribution in [1.29, 1.82) is 0 Å². The molecule has 0 radical (unpaired) electrons. The third-order valence-electron chi connectivity index (χ3n) is 4.55. The summed E-state index contributed by atoms with van der Waals surface area (Å²) < 4.78 is 25.7. The van der Waals surface area contributed by atoms with E-state index in [0.29, 0.717) is 5.75 Å². The number of carbonyl (C=O) groups excluding carboxylic acids is 1. The molecule has 1 aromatic heterocycles. The van der Waals surface area contributed by atoms with Gasteiger partial charge in [-0.1, -0.05) is 51.9 Å². The van der Waals surface area contributed by atoms with Crippen molar-refractivity contribution in [3.8, 4) is 0 Å². The molecule has 1 fully saturated rings. The lowest BCUT2D eigenvalue weighted by Gasteiger charge is -2.14. The Kier molecular flexibility index (Phi) is 10.4. The smallest absolute Gasteiger partial charge is 0.412 e. The summed E-state index contributed by atoms with van der Waals surface area (Å²) >= 11 is 1.32. The molecule has 2 N–H and O–H groups in total. The number of thioether (sulfide) groups is 1. The number of anilines is 1. The monoisotopic (exact) mass is 431 g/mol. The maximum absolute atomic E-state index is 14.2. The topological polar surface area (TPSA) is 103 Å². The number of hydrogen-bond acceptors (Lipinski definition) is 7. The summed E-state index contributed by atoms with van der Waals surface area (Å²) in [5.74, 6) is -0.953. The zero-order valence-electron chi connectivity index (χ0n) is 16.8. The molecule has 0 aromatic carbocycles. The molecule has 8 nitrogen and oxygen atoms in total. The van der Waals surface area contributed by atoms with Gasteiger partial charge in [-0.25, -0.2) is 14.0 Å². The zero-order valence-corrected chi connectivity index (χ0v) is 17.6. The van der Waals surface area contributed by atoms with E-state index in [4.69, 9.17) is 14.6 Å². The highest BCUT2D eigenvalue weighted by atomic mass is 32.2. The molecular weight excluding hydrogens is 401 g/mol. The van der Waals surface area contributed by atoms with Crippen molar-refractivity contribution in [1.82, 2.24) is 9.55 Å². The second-order valence-corrected chi connectivity index (χ2v) is 8.09. The van der Waals surface area contributed by atoms with Crippen molar-refractivity contribution >= 4 is 23.7 Å². The Morgan fingerprint density at radius 3 is 2.69 bits per heavy atom. The van der Waals surface area contributed by atoms with Gasteiger partial charge in [0.05, 0.1) is 19.4 Å². The SMILES string of the molecule is CCCCCCCCCCOC(=O)Nc1nc(=O)n([C@@H]2CS[C@H](CO)O2)cc1F. The van der Waals surface area contributed by atoms with Crippen molar-refractivity contribution in [2.45, 2.75) is 70.0 Å². The molecular formula is C19H30FN3O5S. The van der Waals surface area contributed by atoms with Gasteiger partial charge in [0.2, 0.25) is 0 Å². The van der Waals surface area contributed by atoms with E-state index < -0.39 is 35.1 Å². The van der Waals surface area contributed by atoms with Crippen LogP contribution in [-0.2, 0) is 9.47 Å². The first kappa shape index (κ1) is 23.6. The molecule has 1 aliphatic rings. The standard InChI is InChI=1S/C19H30FN3O5S/c1-2-3-4-5-6-7-8-9-10-27-19(26)22-17-14(20)11-23(18(25)21-17)15-13-29-16(12-24)28-15/h11,15-16,24H,2-10,12-13H2,1H3,(H,21,22,25,26)/t15-,16+/m0/s1. The van der Waals surface area contributed by atoms with Crippen LogP contribution < -0.4 is 11.0 Å². The molecule has 1 aromatic rings. The lowest BCUT2D eigenvalue weighted by Crippen LogP contribution is -2.30. The second-order valence-electron chi connectivity index (χ2n) is 6.90. The summed E-state index contributed by atoms with van der Waals surface area (Å²) in [4.78, 5) is 27.5. The van der Waals surface area contributed by atoms with Crippen LogP contribution in [0.2, 0.25) is 0 Å². The van der Waals surface area contributed by atoms with Gasteiger partial charge in [0, 0.05) is 5.75 Å². The quantitative estimate of drug-likeness (QED) is 0.487. The fourth-order valence-corrected chi connectivity index (χ4v) is 3.89. The van der Waals surface area contributed by atoms with Crippen molar-refractivity contribution in [2.24, 2.45) is 0 Å². The minimum absolute atomic E-state index is 0.198. The van der Waals surface area contributed by atoms with E-state index >= 15 is 0 Å². The van der Waals surface area contributed by atoms with Crippen LogP contribution in [0.1, 0.15) is 64.5 Å². The van der Waals surface area contributed by atoms with Crippen LogP contribution in [0, 0.1) is 5.82 Å². The first-order valence-electron chi connectivity index (χ1n) is 10.2. The number of unbranched alkanes of at least 4 members (excludes halogenated alkanes) is 7. The van der Waals surface area contributed by atoms with Gasteiger partial charge in [-0.2, -0.15) is 4.98 Å². The van der Waals surface area contributed by atoms with Gasteiger partial charge >= 0.3 is 11.8 Å². The average Bonchev–Trinajstić information content (AvgIpc) is 3.18. The van der Waals surface area contributed by atoms with Gasteiger partial charge in [-0.05, 0) is 6.42 Å². The Balaban J connectivity index is 1.72. The van der Waals surface area contributed by atoms with Gasteiger partial charge in [0.25, 0.3) is 0 Å². The van der Waals surface area contributed by atoms with Gasteiger partial charge < -0.3 is 14.6 Å². The lowest BCUT2D eigenvalue weighted by molar-refractivity contribution is -0.00677. The second kappa shape index (κ2) is 12.8. The fourth-order valence-electron chi connectivity index (χ4n) is 2.96. The minimum Gasteiger partial charge on any atom is -0.449 e. The number of ether oxygens (including phenoxy) is 2. The maximum atomic E-state index is 14.2. The van der Waals surface area contributed by atoms with E-state index in [9.17, 15) is 14.0 Å². The molecule has 0 aliphatic carbocycles. The van der Waals surface area contributed by atoms with Crippen LogP contribution in [0.3, 0.4) is 0 Å². The number of amides is 1. The van der Waals surface area contributed by atoms with Crippen molar-refractivity contribution in [2.75, 3.05) is 24.3 Å². The van der Waals surface area contributed by atoms with Gasteiger partial charge in [0.1, 0.15) is 11.7 Å². The Morgan fingerprint density at radius 1 is 1.34 bits per heavy atom. The molecule has 1 saturated heterocycles. The molecule has 2 heterocycles. The molecule has 2 rings (SSSR count). The average molecular weight is 432 g/mol. The number of nitrogens with zero attached hydrogens (tertiary/aromatic N) is 2. The predicted octanol–water partition coefficient (Wildman–Crippen LogP) is 3.65. The molecule has 164 valence electrons. The third kappa shape index (κ3) is 7.94. The van der Waals surface area contributed by atoms with Crippen LogP contribution in [-0.4, -0.2) is 45.2 Å². The first-order chi connectivity index (χ1) is 14.0. The maximum Gasteiger partial charge on any atom is 0.412 e. The fraction of sp³-hybridized carbons (Fsp3) is 0.737. The molecule has 1 aliphatic heterocycles. The highest BCUT2D eigenvalue weighted by Crippen LogP contribution is 2.30. The number of aliphatic hydroxyl groups is 1. The summed E-state index contributed by atoms with van der Waals surface area (Å²) in [6, 6.07) is 0. The lowest BCUT2D eigenvalue weighted by atomic mass is 10.1. The molecule has 2 atom stereocenters. The number of rotatable bonds is 12. The molecule has 0 spiro atoms. The zero-order chi connectivity index (χ0) is 21.1. The number of carbonyl (C=O) groups is 1. The van der Waals surface area contributed by atoms with Crippen LogP contribution in [0.25, 0.3) is 0 Å². The summed E-state index contributed by atoms with van der Waals surface area (Å²) in [5, 5.41) is 11.2. The summed E-state index contributed by atoms with van der Waals surface area (Å²) in [5.41, 5.74) is -1.21. The Bertz CT molecular complexity index is 703. The molecule has 1 amide bonds. The molecule has 0 saturated carbocycles. The van der Waals surface area contributed by atoms with Crippen molar-refractivity contribution < 1.29 is 23.8 Å². The van der Waals surface area contributed by atoms with Gasteiger partial charge in [-0.15, -0.1) is 11.8 Å². The first-order valence-corrected chi connectivity index (χ1v) is 11.2. The van der Waals surface area contributed by atoms with E-state index in [1.165, 1.54) is 43.9 Å². The third-order valence-corrected chi connectivity index (χ3v) is 5.66. The van der Waals surface area contributed by atoms with E-state index in [1.54, 1.807) is 0 Å². The number of aliphatic hydroxyl groups excluding tert-OH is 1. The van der Waals surface area contributed by atoms with Crippen molar-refractivity contribution in [3.63, 3.8) is 0 Å². The highest BCUT2D eigenvalue weighted by Gasteiger charge is 2.28. The van der Waals surface area contributed by atoms with Gasteiger partial charge in [-0.3, -0.25) is 9.88 Å². The predicted molar refractivity (Wildman–Crippen MR) is 109 cm³/mol. The van der Waals surface area contributed by atoms with Gasteiger partial charge in [0.15, 0.2) is 11.6 Å². The normalized spacial score (nSPS) is 18.7. The highest BCUT2D eigenvalue weighted by molar-refractivity contribution is 8.00. The molecule has 29 heavy (non-hydrogen) atoms. The van der Waals surface area contributed by atoms with Crippen molar-refractivity contribution in [3.05, 3.63) is 22.5 Å². The Morgan fingerprint density at radius 2 is 2.03 bits per heavy atom. The van der Waals surface area contributed by atoms with E-state index in [2.05, 4.69) is 17.2 Å². The van der Waals surface area contributed by atoms with Crippen LogP contribution in [0.5, 0.6) is 0 Å². The number of hydrogen-bond donors (Lipinski definition) is 2. The van der Waals surface area contributed by atoms with Crippen LogP contribution >= 0.6 is 11.8 Å². The van der Waals surface area contributed by atoms with E-state index in [1.807, 2.05) is 0 Å². The Hall–Kier alpha value is -1.65. The Labute approximate surface area is 174 Å². The van der Waals surface area contributed by atoms with Crippen LogP contribution in [0.15, 0.2) is 11.0 Å². The number of halogens is 1. The molecule has 0 bridgehead atoms. The summed E-state index contributed by atoms with van der Waals surface area (Å²) in [6.45, 7) is 2.22. The van der Waals surface area contributed by atoms with Crippen LogP contribution in [0.4, 0.5) is 15.0 Å². The van der Waals surface area contributed by atoms with E-state index in [-0.39, 0.29) is 13.2 Å². The summed E-state index contributed by atoms with van der Waals surface area (Å²) in [7, 11) is 0.